The zero-order valence-corrected chi connectivity index (χ0v) is 11.9. The first-order valence-electron chi connectivity index (χ1n) is 6.51. The van der Waals surface area contributed by atoms with Crippen molar-refractivity contribution in [1.82, 2.24) is 9.97 Å². The Bertz CT molecular complexity index is 795. The number of anilines is 1. The molecule has 0 N–H and O–H groups in total. The Morgan fingerprint density at radius 2 is 1.81 bits per heavy atom. The van der Waals surface area contributed by atoms with Crippen molar-refractivity contribution in [3.63, 3.8) is 0 Å². The van der Waals surface area contributed by atoms with Crippen molar-refractivity contribution in [3.8, 4) is 0 Å². The molecule has 112 valence electrons. The molecule has 3 rings (SSSR count). The van der Waals surface area contributed by atoms with E-state index in [9.17, 15) is 17.2 Å². The van der Waals surface area contributed by atoms with Gasteiger partial charge in [-0.3, -0.25) is 0 Å². The first-order valence-corrected chi connectivity index (χ1v) is 8.33. The highest BCUT2D eigenvalue weighted by Crippen LogP contribution is 2.26. The second-order valence-electron chi connectivity index (χ2n) is 4.97. The molecule has 0 atom stereocenters. The van der Waals surface area contributed by atoms with Crippen molar-refractivity contribution in [2.45, 2.75) is 6.42 Å². The maximum atomic E-state index is 13.5. The minimum atomic E-state index is -3.05. The van der Waals surface area contributed by atoms with Crippen molar-refractivity contribution in [3.05, 3.63) is 30.1 Å². The van der Waals surface area contributed by atoms with Crippen molar-refractivity contribution in [1.29, 1.82) is 0 Å². The zero-order chi connectivity index (χ0) is 15.0. The van der Waals surface area contributed by atoms with Crippen LogP contribution >= 0.6 is 0 Å². The van der Waals surface area contributed by atoms with E-state index in [1.165, 1.54) is 6.33 Å². The highest BCUT2D eigenvalue weighted by atomic mass is 32.2. The summed E-state index contributed by atoms with van der Waals surface area (Å²) in [5.41, 5.74) is 0.297. The van der Waals surface area contributed by atoms with Gasteiger partial charge in [0.05, 0.1) is 17.0 Å². The molecule has 2 heterocycles. The van der Waals surface area contributed by atoms with Gasteiger partial charge < -0.3 is 4.90 Å². The molecule has 0 amide bonds. The monoisotopic (exact) mass is 313 g/mol. The molecule has 0 radical (unpaired) electrons. The predicted octanol–water partition coefficient (Wildman–Crippen LogP) is 1.53. The van der Waals surface area contributed by atoms with Crippen LogP contribution in [0.25, 0.3) is 10.9 Å². The van der Waals surface area contributed by atoms with Crippen LogP contribution in [-0.2, 0) is 9.84 Å². The van der Waals surface area contributed by atoms with E-state index >= 15 is 0 Å². The highest BCUT2D eigenvalue weighted by Gasteiger charge is 2.22. The van der Waals surface area contributed by atoms with E-state index < -0.39 is 21.5 Å². The molecule has 0 unspecified atom stereocenters. The second kappa shape index (κ2) is 5.18. The van der Waals surface area contributed by atoms with E-state index in [1.807, 2.05) is 0 Å². The Morgan fingerprint density at radius 1 is 1.05 bits per heavy atom. The van der Waals surface area contributed by atoms with Crippen LogP contribution in [0.3, 0.4) is 0 Å². The standard InChI is InChI=1S/C13H13F2N3O2S/c14-10-6-9-12(7-11(10)15)16-8-17-13(9)18-2-1-4-21(19,20)5-3-18/h6-8H,1-5H2. The maximum absolute atomic E-state index is 13.5. The molecule has 21 heavy (non-hydrogen) atoms. The lowest BCUT2D eigenvalue weighted by molar-refractivity contribution is 0.510. The molecule has 1 aliphatic rings. The third-order valence-corrected chi connectivity index (χ3v) is 5.23. The van der Waals surface area contributed by atoms with Gasteiger partial charge in [-0.05, 0) is 12.5 Å². The van der Waals surface area contributed by atoms with Gasteiger partial charge >= 0.3 is 0 Å². The molecule has 1 saturated heterocycles. The minimum Gasteiger partial charge on any atom is -0.355 e. The van der Waals surface area contributed by atoms with E-state index in [1.54, 1.807) is 4.90 Å². The molecule has 0 aliphatic carbocycles. The van der Waals surface area contributed by atoms with Gasteiger partial charge in [0.15, 0.2) is 21.5 Å². The van der Waals surface area contributed by atoms with Crippen LogP contribution < -0.4 is 4.90 Å². The summed E-state index contributed by atoms with van der Waals surface area (Å²) in [6.45, 7) is 0.789. The summed E-state index contributed by atoms with van der Waals surface area (Å²) in [4.78, 5) is 9.83. The Labute approximate surface area is 120 Å². The number of fused-ring (bicyclic) bond motifs is 1. The Balaban J connectivity index is 2.06. The van der Waals surface area contributed by atoms with Crippen LogP contribution in [0.2, 0.25) is 0 Å². The van der Waals surface area contributed by atoms with Gasteiger partial charge in [-0.25, -0.2) is 27.2 Å². The van der Waals surface area contributed by atoms with E-state index in [-0.39, 0.29) is 18.1 Å². The lowest BCUT2D eigenvalue weighted by atomic mass is 10.2. The number of hydrogen-bond donors (Lipinski definition) is 0. The fourth-order valence-electron chi connectivity index (χ4n) is 2.44. The van der Waals surface area contributed by atoms with Crippen molar-refractivity contribution in [2.24, 2.45) is 0 Å². The average Bonchev–Trinajstić information content (AvgIpc) is 2.60. The number of sulfone groups is 1. The Kier molecular flexibility index (Phi) is 3.48. The second-order valence-corrected chi connectivity index (χ2v) is 7.28. The molecule has 0 bridgehead atoms. The van der Waals surface area contributed by atoms with E-state index in [0.29, 0.717) is 29.7 Å². The van der Waals surface area contributed by atoms with E-state index in [0.717, 1.165) is 12.1 Å². The molecule has 0 saturated carbocycles. The minimum absolute atomic E-state index is 0.0299. The lowest BCUT2D eigenvalue weighted by Crippen LogP contribution is -2.27. The van der Waals surface area contributed by atoms with Crippen molar-refractivity contribution in [2.75, 3.05) is 29.5 Å². The molecule has 1 aromatic carbocycles. The van der Waals surface area contributed by atoms with Crippen LogP contribution in [0.15, 0.2) is 18.5 Å². The molecule has 8 heteroatoms. The fourth-order valence-corrected chi connectivity index (χ4v) is 3.71. The topological polar surface area (TPSA) is 63.2 Å². The smallest absolute Gasteiger partial charge is 0.161 e. The van der Waals surface area contributed by atoms with Gasteiger partial charge in [0.25, 0.3) is 0 Å². The quantitative estimate of drug-likeness (QED) is 0.799. The lowest BCUT2D eigenvalue weighted by Gasteiger charge is -2.22. The summed E-state index contributed by atoms with van der Waals surface area (Å²) in [6.07, 6.45) is 1.76. The summed E-state index contributed by atoms with van der Waals surface area (Å²) in [7, 11) is -3.05. The number of rotatable bonds is 1. The van der Waals surface area contributed by atoms with Crippen LogP contribution in [0, 0.1) is 11.6 Å². The largest absolute Gasteiger partial charge is 0.355 e. The summed E-state index contributed by atoms with van der Waals surface area (Å²) < 4.78 is 50.0. The van der Waals surface area contributed by atoms with Gasteiger partial charge in [-0.15, -0.1) is 0 Å². The molecule has 1 aliphatic heterocycles. The molecule has 5 nitrogen and oxygen atoms in total. The number of hydrogen-bond acceptors (Lipinski definition) is 5. The third kappa shape index (κ3) is 2.80. The summed E-state index contributed by atoms with van der Waals surface area (Å²) in [5, 5.41) is 0.385. The normalized spacial score (nSPS) is 18.7. The van der Waals surface area contributed by atoms with E-state index in [2.05, 4.69) is 9.97 Å². The number of halogens is 2. The molecule has 1 aromatic heterocycles. The van der Waals surface area contributed by atoms with Crippen LogP contribution in [0.5, 0.6) is 0 Å². The van der Waals surface area contributed by atoms with Crippen LogP contribution in [-0.4, -0.2) is 43.0 Å². The SMILES string of the molecule is O=S1(=O)CCCN(c2ncnc3cc(F)c(F)cc23)CC1. The van der Waals surface area contributed by atoms with Crippen LogP contribution in [0.1, 0.15) is 6.42 Å². The number of benzene rings is 1. The predicted molar refractivity (Wildman–Crippen MR) is 74.9 cm³/mol. The van der Waals surface area contributed by atoms with Crippen LogP contribution in [0.4, 0.5) is 14.6 Å². The summed E-state index contributed by atoms with van der Waals surface area (Å²) >= 11 is 0. The van der Waals surface area contributed by atoms with Crippen molar-refractivity contribution < 1.29 is 17.2 Å². The van der Waals surface area contributed by atoms with Gasteiger partial charge in [0, 0.05) is 24.5 Å². The molecular weight excluding hydrogens is 300 g/mol. The first-order chi connectivity index (χ1) is 9.96. The number of nitrogens with zero attached hydrogens (tertiary/aromatic N) is 3. The molecule has 2 aromatic rings. The molecule has 1 fully saturated rings. The fraction of sp³-hybridized carbons (Fsp3) is 0.385. The van der Waals surface area contributed by atoms with Gasteiger partial charge in [-0.1, -0.05) is 0 Å². The van der Waals surface area contributed by atoms with E-state index in [4.69, 9.17) is 0 Å². The number of aromatic nitrogens is 2. The zero-order valence-electron chi connectivity index (χ0n) is 11.1. The Hall–Kier alpha value is -1.83. The first kappa shape index (κ1) is 14.1. The van der Waals surface area contributed by atoms with Gasteiger partial charge in [0.2, 0.25) is 0 Å². The molecule has 0 spiro atoms. The average molecular weight is 313 g/mol. The van der Waals surface area contributed by atoms with Crippen molar-refractivity contribution >= 4 is 26.6 Å². The van der Waals surface area contributed by atoms with Gasteiger partial charge in [0.1, 0.15) is 12.1 Å². The summed E-state index contributed by atoms with van der Waals surface area (Å²) in [5.74, 6) is -1.33. The van der Waals surface area contributed by atoms with Gasteiger partial charge in [-0.2, -0.15) is 0 Å². The Morgan fingerprint density at radius 3 is 2.62 bits per heavy atom. The maximum Gasteiger partial charge on any atom is 0.161 e. The summed E-state index contributed by atoms with van der Waals surface area (Å²) in [6, 6.07) is 2.07. The molecular formula is C13H13F2N3O2S. The highest BCUT2D eigenvalue weighted by molar-refractivity contribution is 7.91. The third-order valence-electron chi connectivity index (χ3n) is 3.51.